The fourth-order valence-electron chi connectivity index (χ4n) is 2.56. The average molecular weight is 265 g/mol. The molecule has 19 heavy (non-hydrogen) atoms. The second-order valence-corrected chi connectivity index (χ2v) is 5.85. The molecule has 0 aliphatic carbocycles. The van der Waals surface area contributed by atoms with Gasteiger partial charge in [-0.15, -0.1) is 0 Å². The molecule has 108 valence electrons. The predicted octanol–water partition coefficient (Wildman–Crippen LogP) is 1.56. The van der Waals surface area contributed by atoms with Gasteiger partial charge in [-0.1, -0.05) is 6.92 Å². The highest BCUT2D eigenvalue weighted by molar-refractivity contribution is 5.05. The van der Waals surface area contributed by atoms with Crippen molar-refractivity contribution in [2.45, 2.75) is 20.4 Å². The fourth-order valence-corrected chi connectivity index (χ4v) is 2.56. The first-order valence-electron chi connectivity index (χ1n) is 7.30. The number of rotatable bonds is 6. The normalized spacial score (nSPS) is 19.7. The number of nitrogens with zero attached hydrogens (tertiary/aromatic N) is 2. The Labute approximate surface area is 116 Å². The molecule has 1 fully saturated rings. The molecule has 2 rings (SSSR count). The van der Waals surface area contributed by atoms with E-state index in [9.17, 15) is 0 Å². The zero-order chi connectivity index (χ0) is 13.7. The molecule has 1 aromatic heterocycles. The highest BCUT2D eigenvalue weighted by Crippen LogP contribution is 2.07. The number of hydrogen-bond donors (Lipinski definition) is 1. The van der Waals surface area contributed by atoms with Crippen molar-refractivity contribution in [1.82, 2.24) is 15.1 Å². The molecule has 0 saturated carbocycles. The highest BCUT2D eigenvalue weighted by Gasteiger charge is 2.15. The van der Waals surface area contributed by atoms with Crippen molar-refractivity contribution < 1.29 is 4.42 Å². The lowest BCUT2D eigenvalue weighted by atomic mass is 10.1. The first-order chi connectivity index (χ1) is 9.13. The Morgan fingerprint density at radius 1 is 1.26 bits per heavy atom. The standard InChI is InChI=1S/C15H27N3O/c1-13(12-18-8-6-17(3)7-9-18)10-16-11-15-5-4-14(2)19-15/h4-5,13,16H,6-12H2,1-3H3. The van der Waals surface area contributed by atoms with E-state index in [0.29, 0.717) is 5.92 Å². The predicted molar refractivity (Wildman–Crippen MR) is 78.3 cm³/mol. The van der Waals surface area contributed by atoms with Crippen molar-refractivity contribution in [3.05, 3.63) is 23.7 Å². The Morgan fingerprint density at radius 3 is 2.63 bits per heavy atom. The van der Waals surface area contributed by atoms with Crippen LogP contribution in [0.3, 0.4) is 0 Å². The molecule has 0 radical (unpaired) electrons. The summed E-state index contributed by atoms with van der Waals surface area (Å²) in [4.78, 5) is 4.97. The van der Waals surface area contributed by atoms with Gasteiger partial charge in [0, 0.05) is 32.7 Å². The maximum Gasteiger partial charge on any atom is 0.117 e. The van der Waals surface area contributed by atoms with Gasteiger partial charge in [0.05, 0.1) is 6.54 Å². The van der Waals surface area contributed by atoms with E-state index in [-0.39, 0.29) is 0 Å². The molecule has 0 bridgehead atoms. The second kappa shape index (κ2) is 7.08. The van der Waals surface area contributed by atoms with Crippen LogP contribution < -0.4 is 5.32 Å². The van der Waals surface area contributed by atoms with Crippen molar-refractivity contribution in [3.8, 4) is 0 Å². The Morgan fingerprint density at radius 2 is 2.00 bits per heavy atom. The van der Waals surface area contributed by atoms with Gasteiger partial charge in [-0.2, -0.15) is 0 Å². The molecule has 2 heterocycles. The summed E-state index contributed by atoms with van der Waals surface area (Å²) < 4.78 is 5.55. The largest absolute Gasteiger partial charge is 0.465 e. The highest BCUT2D eigenvalue weighted by atomic mass is 16.3. The lowest BCUT2D eigenvalue weighted by molar-refractivity contribution is 0.138. The maximum atomic E-state index is 5.55. The first-order valence-corrected chi connectivity index (χ1v) is 7.30. The number of piperazine rings is 1. The summed E-state index contributed by atoms with van der Waals surface area (Å²) in [7, 11) is 2.20. The van der Waals surface area contributed by atoms with Gasteiger partial charge in [0.2, 0.25) is 0 Å². The zero-order valence-electron chi connectivity index (χ0n) is 12.5. The Bertz CT molecular complexity index is 369. The van der Waals surface area contributed by atoms with Gasteiger partial charge < -0.3 is 19.5 Å². The van der Waals surface area contributed by atoms with Crippen LogP contribution in [0.15, 0.2) is 16.5 Å². The molecule has 0 aromatic carbocycles. The van der Waals surface area contributed by atoms with Crippen molar-refractivity contribution in [1.29, 1.82) is 0 Å². The van der Waals surface area contributed by atoms with Crippen LogP contribution in [0.25, 0.3) is 0 Å². The second-order valence-electron chi connectivity index (χ2n) is 5.85. The Balaban J connectivity index is 1.60. The molecule has 0 spiro atoms. The minimum absolute atomic E-state index is 0.680. The third-order valence-electron chi connectivity index (χ3n) is 3.75. The van der Waals surface area contributed by atoms with E-state index in [4.69, 9.17) is 4.42 Å². The molecule has 1 unspecified atom stereocenters. The summed E-state index contributed by atoms with van der Waals surface area (Å²) in [5.74, 6) is 2.70. The number of aryl methyl sites for hydroxylation is 1. The number of furan rings is 1. The number of likely N-dealkylation sites (N-methyl/N-ethyl adjacent to an activating group) is 1. The summed E-state index contributed by atoms with van der Waals surface area (Å²) in [6.45, 7) is 12.2. The summed E-state index contributed by atoms with van der Waals surface area (Å²) in [5.41, 5.74) is 0. The fraction of sp³-hybridized carbons (Fsp3) is 0.733. The van der Waals surface area contributed by atoms with Gasteiger partial charge in [-0.3, -0.25) is 0 Å². The van der Waals surface area contributed by atoms with Gasteiger partial charge in [0.25, 0.3) is 0 Å². The molecule has 4 heteroatoms. The zero-order valence-corrected chi connectivity index (χ0v) is 12.5. The molecule has 1 saturated heterocycles. The van der Waals surface area contributed by atoms with E-state index < -0.39 is 0 Å². The van der Waals surface area contributed by atoms with E-state index in [1.165, 1.54) is 32.7 Å². The maximum absolute atomic E-state index is 5.55. The monoisotopic (exact) mass is 265 g/mol. The molecule has 1 aliphatic rings. The summed E-state index contributed by atoms with van der Waals surface area (Å²) >= 11 is 0. The van der Waals surface area contributed by atoms with Crippen LogP contribution >= 0.6 is 0 Å². The smallest absolute Gasteiger partial charge is 0.117 e. The molecular weight excluding hydrogens is 238 g/mol. The quantitative estimate of drug-likeness (QED) is 0.846. The van der Waals surface area contributed by atoms with Crippen molar-refractivity contribution in [2.75, 3.05) is 46.3 Å². The third-order valence-corrected chi connectivity index (χ3v) is 3.75. The number of hydrogen-bond acceptors (Lipinski definition) is 4. The number of nitrogens with one attached hydrogen (secondary N) is 1. The van der Waals surface area contributed by atoms with Crippen molar-refractivity contribution in [2.24, 2.45) is 5.92 Å². The van der Waals surface area contributed by atoms with E-state index in [1.54, 1.807) is 0 Å². The Kier molecular flexibility index (Phi) is 5.43. The van der Waals surface area contributed by atoms with Crippen LogP contribution in [0, 0.1) is 12.8 Å². The topological polar surface area (TPSA) is 31.6 Å². The molecule has 1 aromatic rings. The first kappa shape index (κ1) is 14.6. The van der Waals surface area contributed by atoms with Crippen molar-refractivity contribution >= 4 is 0 Å². The lowest BCUT2D eigenvalue weighted by Gasteiger charge is -2.33. The van der Waals surface area contributed by atoms with Gasteiger partial charge in [-0.25, -0.2) is 0 Å². The molecule has 0 amide bonds. The minimum Gasteiger partial charge on any atom is -0.465 e. The molecule has 4 nitrogen and oxygen atoms in total. The molecule has 1 atom stereocenters. The van der Waals surface area contributed by atoms with Gasteiger partial charge >= 0.3 is 0 Å². The summed E-state index contributed by atoms with van der Waals surface area (Å²) in [6, 6.07) is 4.07. The van der Waals surface area contributed by atoms with E-state index in [1.807, 2.05) is 19.1 Å². The van der Waals surface area contributed by atoms with Gasteiger partial charge in [0.15, 0.2) is 0 Å². The van der Waals surface area contributed by atoms with Crippen LogP contribution in [0.2, 0.25) is 0 Å². The van der Waals surface area contributed by atoms with Crippen LogP contribution in [0.1, 0.15) is 18.4 Å². The average Bonchev–Trinajstić information content (AvgIpc) is 2.78. The third kappa shape index (κ3) is 4.97. The van der Waals surface area contributed by atoms with Crippen LogP contribution in [0.4, 0.5) is 0 Å². The Hall–Kier alpha value is -0.840. The van der Waals surface area contributed by atoms with Crippen LogP contribution in [-0.2, 0) is 6.54 Å². The van der Waals surface area contributed by atoms with Crippen LogP contribution in [0.5, 0.6) is 0 Å². The lowest BCUT2D eigenvalue weighted by Crippen LogP contribution is -2.46. The van der Waals surface area contributed by atoms with Crippen LogP contribution in [-0.4, -0.2) is 56.1 Å². The minimum atomic E-state index is 0.680. The summed E-state index contributed by atoms with van der Waals surface area (Å²) in [5, 5.41) is 3.48. The van der Waals surface area contributed by atoms with E-state index in [2.05, 4.69) is 29.1 Å². The van der Waals surface area contributed by atoms with E-state index >= 15 is 0 Å². The molecule has 1 aliphatic heterocycles. The molecule has 1 N–H and O–H groups in total. The molecular formula is C15H27N3O. The SMILES string of the molecule is Cc1ccc(CNCC(C)CN2CCN(C)CC2)o1. The van der Waals surface area contributed by atoms with Crippen molar-refractivity contribution in [3.63, 3.8) is 0 Å². The van der Waals surface area contributed by atoms with E-state index in [0.717, 1.165) is 24.6 Å². The summed E-state index contributed by atoms with van der Waals surface area (Å²) in [6.07, 6.45) is 0. The van der Waals surface area contributed by atoms with Gasteiger partial charge in [0.1, 0.15) is 11.5 Å². The van der Waals surface area contributed by atoms with Gasteiger partial charge in [-0.05, 0) is 38.6 Å².